The van der Waals surface area contributed by atoms with Crippen LogP contribution in [0, 0.1) is 0 Å². The molecule has 0 bridgehead atoms. The summed E-state index contributed by atoms with van der Waals surface area (Å²) < 4.78 is 12.0. The number of carbonyl (C=O) groups is 1. The Balaban J connectivity index is 1.50. The highest BCUT2D eigenvalue weighted by atomic mass is 16.5. The van der Waals surface area contributed by atoms with Crippen LogP contribution in [-0.4, -0.2) is 28.1 Å². The van der Waals surface area contributed by atoms with E-state index in [0.29, 0.717) is 12.2 Å². The number of esters is 1. The van der Waals surface area contributed by atoms with E-state index in [1.165, 1.54) is 6.08 Å². The van der Waals surface area contributed by atoms with Crippen LogP contribution in [0.15, 0.2) is 66.9 Å². The summed E-state index contributed by atoms with van der Waals surface area (Å²) in [4.78, 5) is 11.8. The van der Waals surface area contributed by atoms with E-state index in [9.17, 15) is 4.79 Å². The van der Waals surface area contributed by atoms with Gasteiger partial charge in [-0.25, -0.2) is 9.48 Å². The molecule has 26 heavy (non-hydrogen) atoms. The maximum Gasteiger partial charge on any atom is 0.331 e. The van der Waals surface area contributed by atoms with Crippen LogP contribution >= 0.6 is 0 Å². The Morgan fingerprint density at radius 2 is 1.88 bits per heavy atom. The predicted octanol–water partition coefficient (Wildman–Crippen LogP) is 3.09. The second-order valence-corrected chi connectivity index (χ2v) is 5.61. The molecule has 6 nitrogen and oxygen atoms in total. The molecule has 0 amide bonds. The largest absolute Gasteiger partial charge is 0.497 e. The highest BCUT2D eigenvalue weighted by Gasteiger charge is 2.05. The maximum atomic E-state index is 11.8. The van der Waals surface area contributed by atoms with Gasteiger partial charge in [-0.1, -0.05) is 47.7 Å². The summed E-state index contributed by atoms with van der Waals surface area (Å²) in [6.07, 6.45) is 4.87. The standard InChI is InChI=1S/C20H19N3O3/c1-25-19-10-7-17(8-11-19)13-23-14-18(21-22-23)15-26-20(24)12-9-16-5-3-2-4-6-16/h2-12,14H,13,15H2,1H3/b12-9+. The van der Waals surface area contributed by atoms with Gasteiger partial charge in [-0.05, 0) is 29.3 Å². The average molecular weight is 349 g/mol. The summed E-state index contributed by atoms with van der Waals surface area (Å²) in [6.45, 7) is 0.666. The van der Waals surface area contributed by atoms with Gasteiger partial charge < -0.3 is 9.47 Å². The minimum atomic E-state index is -0.418. The molecule has 0 radical (unpaired) electrons. The molecule has 1 heterocycles. The number of hydrogen-bond acceptors (Lipinski definition) is 5. The normalized spacial score (nSPS) is 10.8. The topological polar surface area (TPSA) is 66.2 Å². The van der Waals surface area contributed by atoms with Crippen molar-refractivity contribution in [3.8, 4) is 5.75 Å². The Kier molecular flexibility index (Phi) is 5.77. The smallest absolute Gasteiger partial charge is 0.331 e. The lowest BCUT2D eigenvalue weighted by molar-refractivity contribution is -0.139. The summed E-state index contributed by atoms with van der Waals surface area (Å²) in [5, 5.41) is 8.07. The van der Waals surface area contributed by atoms with E-state index < -0.39 is 5.97 Å². The lowest BCUT2D eigenvalue weighted by Crippen LogP contribution is -2.01. The molecule has 0 aliphatic carbocycles. The molecule has 0 unspecified atom stereocenters. The summed E-state index contributed by atoms with van der Waals surface area (Å²) in [6, 6.07) is 17.3. The maximum absolute atomic E-state index is 11.8. The molecule has 2 aromatic carbocycles. The molecule has 0 fully saturated rings. The van der Waals surface area contributed by atoms with Crippen LogP contribution in [0.3, 0.4) is 0 Å². The third-order valence-corrected chi connectivity index (χ3v) is 3.66. The number of methoxy groups -OCH3 is 1. The number of rotatable bonds is 7. The summed E-state index contributed by atoms with van der Waals surface area (Å²) >= 11 is 0. The molecular weight excluding hydrogens is 330 g/mol. The van der Waals surface area contributed by atoms with Crippen molar-refractivity contribution in [3.05, 3.63) is 83.7 Å². The van der Waals surface area contributed by atoms with Gasteiger partial charge in [0.15, 0.2) is 0 Å². The van der Waals surface area contributed by atoms with Gasteiger partial charge in [0.2, 0.25) is 0 Å². The zero-order valence-corrected chi connectivity index (χ0v) is 14.4. The second kappa shape index (κ2) is 8.62. The minimum Gasteiger partial charge on any atom is -0.497 e. The summed E-state index contributed by atoms with van der Waals surface area (Å²) in [5.41, 5.74) is 2.61. The molecule has 132 valence electrons. The number of nitrogens with zero attached hydrogens (tertiary/aromatic N) is 3. The van der Waals surface area contributed by atoms with Crippen LogP contribution in [0.2, 0.25) is 0 Å². The Labute approximate surface area is 151 Å². The first-order chi connectivity index (χ1) is 12.7. The van der Waals surface area contributed by atoms with Crippen LogP contribution in [0.25, 0.3) is 6.08 Å². The zero-order chi connectivity index (χ0) is 18.2. The molecule has 0 aliphatic rings. The van der Waals surface area contributed by atoms with Gasteiger partial charge >= 0.3 is 5.97 Å². The molecule has 0 aliphatic heterocycles. The first-order valence-electron chi connectivity index (χ1n) is 8.15. The van der Waals surface area contributed by atoms with E-state index in [-0.39, 0.29) is 6.61 Å². The lowest BCUT2D eigenvalue weighted by atomic mass is 10.2. The number of benzene rings is 2. The molecule has 0 saturated carbocycles. The lowest BCUT2D eigenvalue weighted by Gasteiger charge is -2.03. The van der Waals surface area contributed by atoms with Crippen LogP contribution in [0.4, 0.5) is 0 Å². The molecule has 1 aromatic heterocycles. The molecular formula is C20H19N3O3. The van der Waals surface area contributed by atoms with Gasteiger partial charge in [0.05, 0.1) is 19.9 Å². The quantitative estimate of drug-likeness (QED) is 0.484. The van der Waals surface area contributed by atoms with E-state index in [2.05, 4.69) is 10.3 Å². The molecule has 0 spiro atoms. The van der Waals surface area contributed by atoms with Crippen molar-refractivity contribution in [2.75, 3.05) is 7.11 Å². The molecule has 6 heteroatoms. The fourth-order valence-corrected chi connectivity index (χ4v) is 2.32. The van der Waals surface area contributed by atoms with E-state index >= 15 is 0 Å². The SMILES string of the molecule is COc1ccc(Cn2cc(COC(=O)/C=C/c3ccccc3)nn2)cc1. The molecule has 0 atom stereocenters. The van der Waals surface area contributed by atoms with Crippen LogP contribution in [0.5, 0.6) is 5.75 Å². The van der Waals surface area contributed by atoms with Crippen molar-refractivity contribution in [1.82, 2.24) is 15.0 Å². The number of hydrogen-bond donors (Lipinski definition) is 0. The van der Waals surface area contributed by atoms with Crippen LogP contribution in [0.1, 0.15) is 16.8 Å². The van der Waals surface area contributed by atoms with Crippen molar-refractivity contribution in [1.29, 1.82) is 0 Å². The average Bonchev–Trinajstić information content (AvgIpc) is 3.13. The predicted molar refractivity (Wildman–Crippen MR) is 97.4 cm³/mol. The Morgan fingerprint density at radius 3 is 2.62 bits per heavy atom. The number of aromatic nitrogens is 3. The third-order valence-electron chi connectivity index (χ3n) is 3.66. The van der Waals surface area contributed by atoms with Crippen molar-refractivity contribution in [2.45, 2.75) is 13.2 Å². The van der Waals surface area contributed by atoms with Crippen molar-refractivity contribution in [3.63, 3.8) is 0 Å². The Morgan fingerprint density at radius 1 is 1.12 bits per heavy atom. The van der Waals surface area contributed by atoms with E-state index in [1.54, 1.807) is 24.1 Å². The minimum absolute atomic E-state index is 0.0839. The van der Waals surface area contributed by atoms with Crippen LogP contribution in [-0.2, 0) is 22.7 Å². The van der Waals surface area contributed by atoms with Gasteiger partial charge in [-0.15, -0.1) is 5.10 Å². The van der Waals surface area contributed by atoms with Gasteiger partial charge in [0, 0.05) is 6.08 Å². The summed E-state index contributed by atoms with van der Waals surface area (Å²) in [7, 11) is 1.63. The fourth-order valence-electron chi connectivity index (χ4n) is 2.32. The van der Waals surface area contributed by atoms with Crippen LogP contribution < -0.4 is 4.74 Å². The molecule has 0 saturated heterocycles. The van der Waals surface area contributed by atoms with E-state index in [4.69, 9.17) is 9.47 Å². The van der Waals surface area contributed by atoms with Crippen molar-refractivity contribution in [2.24, 2.45) is 0 Å². The second-order valence-electron chi connectivity index (χ2n) is 5.61. The fraction of sp³-hybridized carbons (Fsp3) is 0.150. The first-order valence-corrected chi connectivity index (χ1v) is 8.15. The summed E-state index contributed by atoms with van der Waals surface area (Å²) in [5.74, 6) is 0.391. The van der Waals surface area contributed by atoms with Crippen molar-refractivity contribution >= 4 is 12.0 Å². The Hall–Kier alpha value is -3.41. The van der Waals surface area contributed by atoms with Gasteiger partial charge in [-0.3, -0.25) is 0 Å². The van der Waals surface area contributed by atoms with E-state index in [1.807, 2.05) is 54.6 Å². The Bertz CT molecular complexity index is 871. The van der Waals surface area contributed by atoms with Gasteiger partial charge in [0.1, 0.15) is 18.1 Å². The molecule has 3 rings (SSSR count). The first kappa shape index (κ1) is 17.4. The molecule has 0 N–H and O–H groups in total. The molecule has 3 aromatic rings. The van der Waals surface area contributed by atoms with E-state index in [0.717, 1.165) is 16.9 Å². The highest BCUT2D eigenvalue weighted by molar-refractivity contribution is 5.86. The third kappa shape index (κ3) is 5.04. The van der Waals surface area contributed by atoms with Crippen molar-refractivity contribution < 1.29 is 14.3 Å². The van der Waals surface area contributed by atoms with Gasteiger partial charge in [-0.2, -0.15) is 0 Å². The number of ether oxygens (including phenoxy) is 2. The zero-order valence-electron chi connectivity index (χ0n) is 14.4. The monoisotopic (exact) mass is 349 g/mol. The number of carbonyl (C=O) groups excluding carboxylic acids is 1. The highest BCUT2D eigenvalue weighted by Crippen LogP contribution is 2.12. The van der Waals surface area contributed by atoms with Gasteiger partial charge in [0.25, 0.3) is 0 Å².